The Labute approximate surface area is 64.8 Å². The van der Waals surface area contributed by atoms with E-state index in [0.29, 0.717) is 6.42 Å². The summed E-state index contributed by atoms with van der Waals surface area (Å²) in [5.41, 5.74) is 7.17. The van der Waals surface area contributed by atoms with Gasteiger partial charge in [-0.2, -0.15) is 5.48 Å². The lowest BCUT2D eigenvalue weighted by molar-refractivity contribution is -0.158. The lowest BCUT2D eigenvalue weighted by atomic mass is 10.2. The van der Waals surface area contributed by atoms with Crippen LogP contribution >= 0.6 is 0 Å². The van der Waals surface area contributed by atoms with E-state index < -0.39 is 17.9 Å². The number of hydrogen-bond donors (Lipinski definition) is 2. The van der Waals surface area contributed by atoms with E-state index >= 15 is 0 Å². The van der Waals surface area contributed by atoms with Gasteiger partial charge in [-0.3, -0.25) is 4.79 Å². The van der Waals surface area contributed by atoms with Crippen molar-refractivity contribution in [2.24, 2.45) is 5.73 Å². The Balaban J connectivity index is 3.60. The molecule has 0 aromatic carbocycles. The van der Waals surface area contributed by atoms with Crippen LogP contribution in [0.2, 0.25) is 0 Å². The van der Waals surface area contributed by atoms with E-state index in [0.717, 1.165) is 0 Å². The first-order chi connectivity index (χ1) is 5.07. The number of hydroxylamine groups is 1. The summed E-state index contributed by atoms with van der Waals surface area (Å²) >= 11 is 0. The van der Waals surface area contributed by atoms with Crippen molar-refractivity contribution in [3.63, 3.8) is 0 Å². The van der Waals surface area contributed by atoms with Crippen molar-refractivity contribution in [1.29, 1.82) is 0 Å². The maximum absolute atomic E-state index is 10.7. The first-order valence-corrected chi connectivity index (χ1v) is 3.30. The van der Waals surface area contributed by atoms with Gasteiger partial charge in [0.25, 0.3) is 0 Å². The van der Waals surface area contributed by atoms with Crippen LogP contribution in [0.3, 0.4) is 0 Å². The van der Waals surface area contributed by atoms with Crippen molar-refractivity contribution in [2.45, 2.75) is 26.3 Å². The number of nitrogens with two attached hydrogens (primary N) is 1. The molecule has 0 rings (SSSR count). The van der Waals surface area contributed by atoms with E-state index in [1.165, 1.54) is 6.92 Å². The minimum absolute atomic E-state index is 0.429. The maximum Gasteiger partial charge on any atom is 0.348 e. The van der Waals surface area contributed by atoms with Gasteiger partial charge in [0.1, 0.15) is 6.04 Å². The third-order valence-corrected chi connectivity index (χ3v) is 1.04. The molecule has 0 aliphatic carbocycles. The third kappa shape index (κ3) is 4.32. The molecule has 0 spiro atoms. The van der Waals surface area contributed by atoms with Gasteiger partial charge in [0, 0.05) is 6.92 Å². The van der Waals surface area contributed by atoms with Crippen LogP contribution in [0.5, 0.6) is 0 Å². The van der Waals surface area contributed by atoms with Crippen LogP contribution in [0.25, 0.3) is 0 Å². The number of rotatable bonds is 2. The number of hydrogen-bond acceptors (Lipinski definition) is 4. The minimum Gasteiger partial charge on any atom is -0.339 e. The summed E-state index contributed by atoms with van der Waals surface area (Å²) in [5, 5.41) is 0. The molecule has 1 unspecified atom stereocenters. The molecule has 1 amide bonds. The molecule has 0 saturated carbocycles. The molecule has 0 aliphatic rings. The van der Waals surface area contributed by atoms with E-state index in [1.807, 2.05) is 5.48 Å². The van der Waals surface area contributed by atoms with Crippen molar-refractivity contribution in [3.05, 3.63) is 0 Å². The summed E-state index contributed by atoms with van der Waals surface area (Å²) in [6, 6.07) is -0.665. The van der Waals surface area contributed by atoms with Crippen LogP contribution in [0, 0.1) is 0 Å². The van der Waals surface area contributed by atoms with Crippen LogP contribution < -0.4 is 11.2 Å². The Morgan fingerprint density at radius 1 is 1.64 bits per heavy atom. The lowest BCUT2D eigenvalue weighted by Gasteiger charge is -2.07. The second kappa shape index (κ2) is 4.68. The Bertz CT molecular complexity index is 158. The highest BCUT2D eigenvalue weighted by Gasteiger charge is 2.12. The largest absolute Gasteiger partial charge is 0.348 e. The number of carbonyl (C=O) groups is 2. The van der Waals surface area contributed by atoms with E-state index in [1.54, 1.807) is 6.92 Å². The van der Waals surface area contributed by atoms with Gasteiger partial charge in [-0.25, -0.2) is 4.79 Å². The monoisotopic (exact) mass is 160 g/mol. The predicted octanol–water partition coefficient (Wildman–Crippen LogP) is -0.682. The lowest BCUT2D eigenvalue weighted by Crippen LogP contribution is -2.36. The van der Waals surface area contributed by atoms with Gasteiger partial charge >= 0.3 is 5.97 Å². The Morgan fingerprint density at radius 3 is 2.55 bits per heavy atom. The number of carbonyl (C=O) groups excluding carboxylic acids is 2. The first-order valence-electron chi connectivity index (χ1n) is 3.30. The third-order valence-electron chi connectivity index (χ3n) is 1.04. The van der Waals surface area contributed by atoms with Gasteiger partial charge in [0.15, 0.2) is 0 Å². The topological polar surface area (TPSA) is 81.4 Å². The summed E-state index contributed by atoms with van der Waals surface area (Å²) in [7, 11) is 0. The molecule has 0 aliphatic heterocycles. The molecule has 1 atom stereocenters. The zero-order valence-corrected chi connectivity index (χ0v) is 6.59. The van der Waals surface area contributed by atoms with Crippen molar-refractivity contribution in [3.8, 4) is 0 Å². The SMILES string of the molecule is CCC(N)C(=O)ONC(C)=O. The molecule has 0 fully saturated rings. The Kier molecular flexibility index (Phi) is 4.21. The molecule has 0 radical (unpaired) electrons. The van der Waals surface area contributed by atoms with Crippen LogP contribution in [0.4, 0.5) is 0 Å². The summed E-state index contributed by atoms with van der Waals surface area (Å²) in [4.78, 5) is 25.2. The number of nitrogens with one attached hydrogen (secondary N) is 1. The summed E-state index contributed by atoms with van der Waals surface area (Å²) in [6.07, 6.45) is 0.485. The molecule has 0 aromatic heterocycles. The second-order valence-corrected chi connectivity index (χ2v) is 2.09. The minimum atomic E-state index is -0.665. The van der Waals surface area contributed by atoms with Crippen molar-refractivity contribution >= 4 is 11.9 Å². The molecule has 5 heteroatoms. The van der Waals surface area contributed by atoms with Crippen molar-refractivity contribution in [2.75, 3.05) is 0 Å². The van der Waals surface area contributed by atoms with E-state index in [4.69, 9.17) is 5.73 Å². The molecule has 0 heterocycles. The molecular formula is C6H12N2O3. The summed E-state index contributed by atoms with van der Waals surface area (Å²) in [6.45, 7) is 2.99. The fraction of sp³-hybridized carbons (Fsp3) is 0.667. The molecule has 3 N–H and O–H groups in total. The fourth-order valence-electron chi connectivity index (χ4n) is 0.365. The zero-order chi connectivity index (χ0) is 8.85. The van der Waals surface area contributed by atoms with Crippen LogP contribution in [0.15, 0.2) is 0 Å². The van der Waals surface area contributed by atoms with Crippen LogP contribution in [-0.4, -0.2) is 17.9 Å². The average molecular weight is 160 g/mol. The van der Waals surface area contributed by atoms with Crippen molar-refractivity contribution in [1.82, 2.24) is 5.48 Å². The van der Waals surface area contributed by atoms with Gasteiger partial charge in [-0.1, -0.05) is 6.92 Å². The Hall–Kier alpha value is -1.10. The summed E-state index contributed by atoms with van der Waals surface area (Å²) in [5.74, 6) is -1.05. The van der Waals surface area contributed by atoms with Gasteiger partial charge in [0.05, 0.1) is 0 Å². The molecule has 0 saturated heterocycles. The quantitative estimate of drug-likeness (QED) is 0.524. The fourth-order valence-corrected chi connectivity index (χ4v) is 0.365. The second-order valence-electron chi connectivity index (χ2n) is 2.09. The highest BCUT2D eigenvalue weighted by Crippen LogP contribution is 1.87. The first kappa shape index (κ1) is 9.90. The van der Waals surface area contributed by atoms with Crippen molar-refractivity contribution < 1.29 is 14.4 Å². The van der Waals surface area contributed by atoms with Gasteiger partial charge in [-0.05, 0) is 6.42 Å². The summed E-state index contributed by atoms with van der Waals surface area (Å²) < 4.78 is 0. The van der Waals surface area contributed by atoms with E-state index in [-0.39, 0.29) is 0 Å². The zero-order valence-electron chi connectivity index (χ0n) is 6.59. The molecule has 64 valence electrons. The molecule has 5 nitrogen and oxygen atoms in total. The molecule has 11 heavy (non-hydrogen) atoms. The van der Waals surface area contributed by atoms with E-state index in [9.17, 15) is 9.59 Å². The Morgan fingerprint density at radius 2 is 2.18 bits per heavy atom. The van der Waals surface area contributed by atoms with Gasteiger partial charge in [-0.15, -0.1) is 0 Å². The highest BCUT2D eigenvalue weighted by molar-refractivity contribution is 5.78. The standard InChI is InChI=1S/C6H12N2O3/c1-3-5(7)6(10)11-8-4(2)9/h5H,3,7H2,1-2H3,(H,8,9). The van der Waals surface area contributed by atoms with Crippen LogP contribution in [-0.2, 0) is 14.4 Å². The van der Waals surface area contributed by atoms with Gasteiger partial charge in [0.2, 0.25) is 5.91 Å². The maximum atomic E-state index is 10.7. The number of amides is 1. The van der Waals surface area contributed by atoms with E-state index in [2.05, 4.69) is 4.84 Å². The molecule has 0 bridgehead atoms. The normalized spacial score (nSPS) is 11.9. The van der Waals surface area contributed by atoms with Gasteiger partial charge < -0.3 is 10.6 Å². The predicted molar refractivity (Wildman–Crippen MR) is 38.2 cm³/mol. The molecular weight excluding hydrogens is 148 g/mol. The van der Waals surface area contributed by atoms with Crippen LogP contribution in [0.1, 0.15) is 20.3 Å². The molecule has 0 aromatic rings. The smallest absolute Gasteiger partial charge is 0.339 e. The highest BCUT2D eigenvalue weighted by atomic mass is 16.7. The average Bonchev–Trinajstić information content (AvgIpc) is 1.98.